The SMILES string of the molecule is OC1CCc2c(Nc3ccc4c(c3)OC3(CCOCC3)CN4CCc3c[nH]c4ccccc34)ccnc21. The predicted molar refractivity (Wildman–Crippen MR) is 145 cm³/mol. The highest BCUT2D eigenvalue weighted by atomic mass is 16.5. The molecule has 4 aromatic rings. The molecule has 2 aromatic heterocycles. The van der Waals surface area contributed by atoms with Gasteiger partial charge in [0.15, 0.2) is 0 Å². The number of nitrogens with one attached hydrogen (secondary N) is 2. The van der Waals surface area contributed by atoms with Gasteiger partial charge in [0, 0.05) is 60.1 Å². The van der Waals surface area contributed by atoms with E-state index in [0.717, 1.165) is 92.5 Å². The summed E-state index contributed by atoms with van der Waals surface area (Å²) >= 11 is 0. The Morgan fingerprint density at radius 3 is 2.95 bits per heavy atom. The molecular formula is C30H32N4O3. The number of hydrogen-bond acceptors (Lipinski definition) is 6. The first-order chi connectivity index (χ1) is 18.2. The second-order valence-electron chi connectivity index (χ2n) is 10.5. The van der Waals surface area contributed by atoms with E-state index in [1.54, 1.807) is 6.20 Å². The lowest BCUT2D eigenvalue weighted by molar-refractivity contribution is -0.0454. The van der Waals surface area contributed by atoms with Crippen molar-refractivity contribution in [1.82, 2.24) is 9.97 Å². The van der Waals surface area contributed by atoms with Crippen molar-refractivity contribution >= 4 is 28.0 Å². The Hall–Kier alpha value is -3.55. The number of H-pyrrole nitrogens is 1. The molecule has 1 saturated heterocycles. The summed E-state index contributed by atoms with van der Waals surface area (Å²) in [6.45, 7) is 3.25. The minimum Gasteiger partial charge on any atom is -0.483 e. The number of anilines is 3. The van der Waals surface area contributed by atoms with Crippen molar-refractivity contribution in [2.75, 3.05) is 36.5 Å². The predicted octanol–water partition coefficient (Wildman–Crippen LogP) is 5.28. The van der Waals surface area contributed by atoms with Crippen LogP contribution in [0.2, 0.25) is 0 Å². The summed E-state index contributed by atoms with van der Waals surface area (Å²) in [5, 5.41) is 15.1. The van der Waals surface area contributed by atoms with Crippen LogP contribution in [0.1, 0.15) is 42.2 Å². The van der Waals surface area contributed by atoms with E-state index in [2.05, 4.69) is 68.8 Å². The lowest BCUT2D eigenvalue weighted by atomic mass is 9.91. The molecule has 1 atom stereocenters. The van der Waals surface area contributed by atoms with Gasteiger partial charge in [0.2, 0.25) is 0 Å². The molecule has 3 aliphatic rings. The highest BCUT2D eigenvalue weighted by Crippen LogP contribution is 2.43. The molecule has 4 heterocycles. The standard InChI is InChI=1S/C30H32N4O3/c35-27-8-6-23-25(9-13-31-29(23)27)33-21-5-7-26-28(17-21)37-30(11-15-36-16-12-30)19-34(26)14-10-20-18-32-24-4-2-1-3-22(20)24/h1-5,7,9,13,17-18,27,32,35H,6,8,10-12,14-16,19H2,(H,31,33). The van der Waals surface area contributed by atoms with E-state index >= 15 is 0 Å². The molecule has 1 aliphatic carbocycles. The Labute approximate surface area is 216 Å². The van der Waals surface area contributed by atoms with E-state index in [0.29, 0.717) is 0 Å². The molecule has 0 bridgehead atoms. The van der Waals surface area contributed by atoms with Crippen molar-refractivity contribution in [3.8, 4) is 5.75 Å². The molecular weight excluding hydrogens is 464 g/mol. The first-order valence-electron chi connectivity index (χ1n) is 13.3. The number of rotatable bonds is 5. The Bertz CT molecular complexity index is 1440. The van der Waals surface area contributed by atoms with Gasteiger partial charge in [-0.2, -0.15) is 0 Å². The Morgan fingerprint density at radius 1 is 1.14 bits per heavy atom. The van der Waals surface area contributed by atoms with Crippen LogP contribution in [0.25, 0.3) is 10.9 Å². The number of fused-ring (bicyclic) bond motifs is 3. The average Bonchev–Trinajstić information content (AvgIpc) is 3.51. The van der Waals surface area contributed by atoms with E-state index in [4.69, 9.17) is 9.47 Å². The molecule has 7 heteroatoms. The quantitative estimate of drug-likeness (QED) is 0.349. The fraction of sp³-hybridized carbons (Fsp3) is 0.367. The third-order valence-electron chi connectivity index (χ3n) is 8.19. The van der Waals surface area contributed by atoms with Crippen molar-refractivity contribution < 1.29 is 14.6 Å². The van der Waals surface area contributed by atoms with Gasteiger partial charge in [-0.05, 0) is 54.7 Å². The van der Waals surface area contributed by atoms with E-state index in [1.807, 2.05) is 6.07 Å². The number of aromatic amines is 1. The molecule has 0 radical (unpaired) electrons. The minimum atomic E-state index is -0.470. The second kappa shape index (κ2) is 9.08. The molecule has 0 saturated carbocycles. The smallest absolute Gasteiger partial charge is 0.145 e. The minimum absolute atomic E-state index is 0.230. The van der Waals surface area contributed by atoms with Crippen LogP contribution in [0, 0.1) is 0 Å². The van der Waals surface area contributed by atoms with E-state index in [1.165, 1.54) is 16.5 Å². The second-order valence-corrected chi connectivity index (χ2v) is 10.5. The van der Waals surface area contributed by atoms with Crippen LogP contribution >= 0.6 is 0 Å². The van der Waals surface area contributed by atoms with Crippen molar-refractivity contribution in [3.63, 3.8) is 0 Å². The molecule has 3 N–H and O–H groups in total. The first-order valence-corrected chi connectivity index (χ1v) is 13.3. The highest BCUT2D eigenvalue weighted by Gasteiger charge is 2.41. The third kappa shape index (κ3) is 4.12. The van der Waals surface area contributed by atoms with Crippen LogP contribution in [-0.4, -0.2) is 47.0 Å². The topological polar surface area (TPSA) is 82.6 Å². The fourth-order valence-electron chi connectivity index (χ4n) is 6.18. The Kier molecular flexibility index (Phi) is 5.55. The van der Waals surface area contributed by atoms with Crippen molar-refractivity contribution in [1.29, 1.82) is 0 Å². The first kappa shape index (κ1) is 22.6. The van der Waals surface area contributed by atoms with Gasteiger partial charge in [0.05, 0.1) is 37.2 Å². The van der Waals surface area contributed by atoms with Crippen LogP contribution < -0.4 is 15.0 Å². The van der Waals surface area contributed by atoms with Crippen molar-refractivity contribution in [2.24, 2.45) is 0 Å². The van der Waals surface area contributed by atoms with Gasteiger partial charge in [0.1, 0.15) is 11.4 Å². The molecule has 2 aromatic carbocycles. The van der Waals surface area contributed by atoms with E-state index in [-0.39, 0.29) is 5.60 Å². The summed E-state index contributed by atoms with van der Waals surface area (Å²) in [5.41, 5.74) is 7.33. The largest absolute Gasteiger partial charge is 0.483 e. The highest BCUT2D eigenvalue weighted by molar-refractivity contribution is 5.83. The molecule has 1 unspecified atom stereocenters. The van der Waals surface area contributed by atoms with Gasteiger partial charge in [-0.3, -0.25) is 4.98 Å². The number of aliphatic hydroxyl groups excluding tert-OH is 1. The van der Waals surface area contributed by atoms with Gasteiger partial charge in [-0.1, -0.05) is 18.2 Å². The normalized spacial score (nSPS) is 20.0. The van der Waals surface area contributed by atoms with Gasteiger partial charge < -0.3 is 29.8 Å². The van der Waals surface area contributed by atoms with E-state index in [9.17, 15) is 5.11 Å². The maximum Gasteiger partial charge on any atom is 0.145 e. The number of para-hydroxylation sites is 1. The average molecular weight is 497 g/mol. The lowest BCUT2D eigenvalue weighted by Gasteiger charge is -2.46. The molecule has 0 amide bonds. The van der Waals surface area contributed by atoms with Crippen LogP contribution in [0.3, 0.4) is 0 Å². The third-order valence-corrected chi connectivity index (χ3v) is 8.19. The van der Waals surface area contributed by atoms with Crippen molar-refractivity contribution in [2.45, 2.75) is 43.8 Å². The number of ether oxygens (including phenoxy) is 2. The van der Waals surface area contributed by atoms with Gasteiger partial charge in [-0.15, -0.1) is 0 Å². The number of aromatic nitrogens is 2. The van der Waals surface area contributed by atoms with Crippen LogP contribution in [0.15, 0.2) is 60.9 Å². The molecule has 37 heavy (non-hydrogen) atoms. The number of hydrogen-bond donors (Lipinski definition) is 3. The fourth-order valence-corrected chi connectivity index (χ4v) is 6.18. The van der Waals surface area contributed by atoms with Crippen LogP contribution in [0.4, 0.5) is 17.1 Å². The van der Waals surface area contributed by atoms with Crippen LogP contribution in [0.5, 0.6) is 5.75 Å². The molecule has 1 spiro atoms. The summed E-state index contributed by atoms with van der Waals surface area (Å²) in [4.78, 5) is 10.3. The molecule has 7 nitrogen and oxygen atoms in total. The molecule has 2 aliphatic heterocycles. The Balaban J connectivity index is 1.18. The summed E-state index contributed by atoms with van der Waals surface area (Å²) in [7, 11) is 0. The maximum absolute atomic E-state index is 10.2. The van der Waals surface area contributed by atoms with Gasteiger partial charge >= 0.3 is 0 Å². The zero-order chi connectivity index (χ0) is 24.8. The van der Waals surface area contributed by atoms with Crippen LogP contribution in [-0.2, 0) is 17.6 Å². The van der Waals surface area contributed by atoms with E-state index < -0.39 is 6.10 Å². The summed E-state index contributed by atoms with van der Waals surface area (Å²) < 4.78 is 12.5. The summed E-state index contributed by atoms with van der Waals surface area (Å²) in [6, 6.07) is 16.9. The zero-order valence-corrected chi connectivity index (χ0v) is 20.9. The van der Waals surface area contributed by atoms with Gasteiger partial charge in [-0.25, -0.2) is 0 Å². The molecule has 190 valence electrons. The molecule has 7 rings (SSSR count). The lowest BCUT2D eigenvalue weighted by Crippen LogP contribution is -2.54. The molecule has 1 fully saturated rings. The zero-order valence-electron chi connectivity index (χ0n) is 20.9. The number of aliphatic hydroxyl groups is 1. The van der Waals surface area contributed by atoms with Crippen molar-refractivity contribution in [3.05, 3.63) is 77.7 Å². The summed E-state index contributed by atoms with van der Waals surface area (Å²) in [5.74, 6) is 0.919. The monoisotopic (exact) mass is 496 g/mol. The number of benzene rings is 2. The Morgan fingerprint density at radius 2 is 2.03 bits per heavy atom. The van der Waals surface area contributed by atoms with Gasteiger partial charge in [0.25, 0.3) is 0 Å². The maximum atomic E-state index is 10.2. The number of nitrogens with zero attached hydrogens (tertiary/aromatic N) is 2. The summed E-state index contributed by atoms with van der Waals surface area (Å²) in [6.07, 6.45) is 7.75. The number of pyridine rings is 1.